The van der Waals surface area contributed by atoms with E-state index >= 15 is 0 Å². The molecule has 2 aliphatic rings. The van der Waals surface area contributed by atoms with Crippen LogP contribution in [0.1, 0.15) is 45.7 Å². The van der Waals surface area contributed by atoms with E-state index in [0.29, 0.717) is 23.5 Å². The van der Waals surface area contributed by atoms with E-state index in [1.807, 2.05) is 53.5 Å². The number of methoxy groups -OCH3 is 3. The minimum atomic E-state index is -1.14. The largest absolute Gasteiger partial charge is 0.497 e. The van der Waals surface area contributed by atoms with Gasteiger partial charge in [-0.05, 0) is 30.3 Å². The second kappa shape index (κ2) is 8.62. The molecule has 174 valence electrons. The van der Waals surface area contributed by atoms with E-state index in [2.05, 4.69) is 0 Å². The lowest BCUT2D eigenvalue weighted by atomic mass is 9.95. The van der Waals surface area contributed by atoms with Crippen LogP contribution < -0.4 is 18.9 Å². The summed E-state index contributed by atoms with van der Waals surface area (Å²) >= 11 is 0. The monoisotopic (exact) mass is 460 g/mol. The molecular weight excluding hydrogens is 436 g/mol. The highest BCUT2D eigenvalue weighted by atomic mass is 16.5. The Bertz CT molecular complexity index is 1290. The second-order valence-corrected chi connectivity index (χ2v) is 7.96. The molecule has 0 aromatic heterocycles. The molecule has 2 aliphatic heterocycles. The molecule has 2 heterocycles. The van der Waals surface area contributed by atoms with Gasteiger partial charge in [0.1, 0.15) is 17.1 Å². The number of hydrogen-bond acceptors (Lipinski definition) is 7. The lowest BCUT2D eigenvalue weighted by Crippen LogP contribution is -2.34. The van der Waals surface area contributed by atoms with Crippen molar-refractivity contribution in [2.45, 2.75) is 18.7 Å². The first-order chi connectivity index (χ1) is 16.5. The van der Waals surface area contributed by atoms with Crippen LogP contribution in [0.25, 0.3) is 0 Å². The molecule has 1 N–H and O–H groups in total. The molecule has 8 heteroatoms. The first-order valence-electron chi connectivity index (χ1n) is 10.8. The molecule has 3 aromatic rings. The quantitative estimate of drug-likeness (QED) is 0.573. The lowest BCUT2D eigenvalue weighted by molar-refractivity contribution is -0.0199. The highest BCUT2D eigenvalue weighted by Gasteiger charge is 2.43. The Kier molecular flexibility index (Phi) is 5.49. The first kappa shape index (κ1) is 21.6. The third-order valence-electron chi connectivity index (χ3n) is 6.16. The Balaban J connectivity index is 1.66. The van der Waals surface area contributed by atoms with Crippen molar-refractivity contribution in [2.24, 2.45) is 5.10 Å². The Labute approximate surface area is 196 Å². The first-order valence-corrected chi connectivity index (χ1v) is 10.8. The number of hydrazone groups is 1. The Morgan fingerprint density at radius 3 is 2.56 bits per heavy atom. The number of nitrogens with zero attached hydrogens (tertiary/aromatic N) is 2. The zero-order valence-corrected chi connectivity index (χ0v) is 19.0. The molecule has 0 bridgehead atoms. The van der Waals surface area contributed by atoms with Gasteiger partial charge in [0.15, 0.2) is 11.5 Å². The predicted octanol–water partition coefficient (Wildman–Crippen LogP) is 4.65. The second-order valence-electron chi connectivity index (χ2n) is 7.96. The fourth-order valence-electron chi connectivity index (χ4n) is 4.59. The molecule has 5 rings (SSSR count). The fourth-order valence-corrected chi connectivity index (χ4v) is 4.59. The van der Waals surface area contributed by atoms with Crippen molar-refractivity contribution < 1.29 is 28.8 Å². The van der Waals surface area contributed by atoms with Gasteiger partial charge in [0, 0.05) is 23.1 Å². The number of hydrogen-bond donors (Lipinski definition) is 1. The van der Waals surface area contributed by atoms with Crippen molar-refractivity contribution in [3.8, 4) is 23.0 Å². The van der Waals surface area contributed by atoms with Gasteiger partial charge in [-0.3, -0.25) is 0 Å². The number of benzene rings is 3. The summed E-state index contributed by atoms with van der Waals surface area (Å²) in [6.07, 6.45) is -0.131. The van der Waals surface area contributed by atoms with Crippen LogP contribution in [-0.2, 0) is 0 Å². The number of fused-ring (bicyclic) bond motifs is 3. The molecule has 0 amide bonds. The molecular formula is C26H24N2O6. The minimum Gasteiger partial charge on any atom is -0.497 e. The van der Waals surface area contributed by atoms with Crippen LogP contribution in [0.5, 0.6) is 23.0 Å². The van der Waals surface area contributed by atoms with Crippen LogP contribution in [0.3, 0.4) is 0 Å². The van der Waals surface area contributed by atoms with Crippen LogP contribution in [0.15, 0.2) is 65.8 Å². The number of carboxylic acid groups (broad SMARTS) is 1. The number of carbonyl (C=O) groups is 1. The summed E-state index contributed by atoms with van der Waals surface area (Å²) in [5, 5.41) is 16.8. The number of ether oxygens (including phenoxy) is 4. The van der Waals surface area contributed by atoms with Gasteiger partial charge in [-0.2, -0.15) is 5.10 Å². The van der Waals surface area contributed by atoms with E-state index in [1.165, 1.54) is 14.2 Å². The maximum absolute atomic E-state index is 12.3. The van der Waals surface area contributed by atoms with Crippen molar-refractivity contribution >= 4 is 11.7 Å². The third-order valence-corrected chi connectivity index (χ3v) is 6.16. The van der Waals surface area contributed by atoms with Gasteiger partial charge in [-0.25, -0.2) is 9.80 Å². The number of aromatic carboxylic acids is 1. The maximum atomic E-state index is 12.3. The van der Waals surface area contributed by atoms with Crippen LogP contribution in [0.2, 0.25) is 0 Å². The molecule has 2 atom stereocenters. The molecule has 3 aromatic carbocycles. The molecule has 0 fully saturated rings. The van der Waals surface area contributed by atoms with E-state index in [1.54, 1.807) is 19.2 Å². The Morgan fingerprint density at radius 1 is 1.00 bits per heavy atom. The summed E-state index contributed by atoms with van der Waals surface area (Å²) in [6, 6.07) is 18.8. The summed E-state index contributed by atoms with van der Waals surface area (Å²) in [6.45, 7) is 0. The smallest absolute Gasteiger partial charge is 0.340 e. The Morgan fingerprint density at radius 2 is 1.82 bits per heavy atom. The highest BCUT2D eigenvalue weighted by Crippen LogP contribution is 2.49. The van der Waals surface area contributed by atoms with Gasteiger partial charge in [-0.1, -0.05) is 30.3 Å². The summed E-state index contributed by atoms with van der Waals surface area (Å²) in [7, 11) is 4.52. The number of rotatable bonds is 6. The fraction of sp³-hybridized carbons (Fsp3) is 0.231. The molecule has 0 saturated carbocycles. The minimum absolute atomic E-state index is 0.0185. The molecule has 34 heavy (non-hydrogen) atoms. The molecule has 0 saturated heterocycles. The van der Waals surface area contributed by atoms with E-state index in [0.717, 1.165) is 22.6 Å². The van der Waals surface area contributed by atoms with Crippen molar-refractivity contribution in [1.82, 2.24) is 5.01 Å². The standard InChI is InChI=1S/C26H24N2O6/c1-31-16-8-6-7-15(13-16)19-14-20-17-9-4-5-10-21(17)34-25(28(20)27-19)18-11-12-22(32-2)24(33-3)23(18)26(29)30/h4-13,20,25H,14H2,1-3H3,(H,29,30)/t20-,25+/m1/s1. The SMILES string of the molecule is COc1cccc(C2=NN3[C@H](C2)c2ccccc2O[C@H]3c2ccc(OC)c(OC)c2C(=O)O)c1. The predicted molar refractivity (Wildman–Crippen MR) is 125 cm³/mol. The maximum Gasteiger partial charge on any atom is 0.340 e. The summed E-state index contributed by atoms with van der Waals surface area (Å²) in [5.41, 5.74) is 3.22. The number of para-hydroxylation sites is 1. The van der Waals surface area contributed by atoms with E-state index in [-0.39, 0.29) is 17.4 Å². The zero-order chi connectivity index (χ0) is 23.8. The average molecular weight is 460 g/mol. The zero-order valence-electron chi connectivity index (χ0n) is 19.0. The summed E-state index contributed by atoms with van der Waals surface area (Å²) < 4.78 is 22.5. The van der Waals surface area contributed by atoms with Crippen LogP contribution >= 0.6 is 0 Å². The van der Waals surface area contributed by atoms with E-state index in [4.69, 9.17) is 24.0 Å². The van der Waals surface area contributed by atoms with Gasteiger partial charge in [0.25, 0.3) is 0 Å². The van der Waals surface area contributed by atoms with Gasteiger partial charge in [-0.15, -0.1) is 0 Å². The third kappa shape index (κ3) is 3.48. The van der Waals surface area contributed by atoms with Gasteiger partial charge < -0.3 is 24.1 Å². The summed E-state index contributed by atoms with van der Waals surface area (Å²) in [4.78, 5) is 12.3. The van der Waals surface area contributed by atoms with Crippen molar-refractivity contribution in [2.75, 3.05) is 21.3 Å². The van der Waals surface area contributed by atoms with Gasteiger partial charge in [0.05, 0.1) is 33.1 Å². The summed E-state index contributed by atoms with van der Waals surface area (Å²) in [5.74, 6) is 0.773. The van der Waals surface area contributed by atoms with Gasteiger partial charge in [0.2, 0.25) is 6.23 Å². The lowest BCUT2D eigenvalue weighted by Gasteiger charge is -2.38. The number of carboxylic acids is 1. The molecule has 0 aliphatic carbocycles. The van der Waals surface area contributed by atoms with Gasteiger partial charge >= 0.3 is 5.97 Å². The van der Waals surface area contributed by atoms with E-state index in [9.17, 15) is 9.90 Å². The van der Waals surface area contributed by atoms with Crippen molar-refractivity contribution in [3.05, 3.63) is 82.9 Å². The van der Waals surface area contributed by atoms with Crippen LogP contribution in [0.4, 0.5) is 0 Å². The van der Waals surface area contributed by atoms with Crippen LogP contribution in [-0.4, -0.2) is 43.1 Å². The van der Waals surface area contributed by atoms with Crippen molar-refractivity contribution in [1.29, 1.82) is 0 Å². The van der Waals surface area contributed by atoms with Crippen LogP contribution in [0, 0.1) is 0 Å². The van der Waals surface area contributed by atoms with Crippen molar-refractivity contribution in [3.63, 3.8) is 0 Å². The Hall–Kier alpha value is -4.20. The molecule has 0 radical (unpaired) electrons. The normalized spacial score (nSPS) is 18.3. The van der Waals surface area contributed by atoms with E-state index < -0.39 is 12.2 Å². The highest BCUT2D eigenvalue weighted by molar-refractivity contribution is 6.02. The molecule has 0 spiro atoms. The topological polar surface area (TPSA) is 89.8 Å². The molecule has 8 nitrogen and oxygen atoms in total. The average Bonchev–Trinajstić information content (AvgIpc) is 3.33. The molecule has 0 unspecified atom stereocenters.